The second-order valence-electron chi connectivity index (χ2n) is 7.25. The second kappa shape index (κ2) is 13.5. The molecular formula is C24H26Cl2NO4P. The van der Waals surface area contributed by atoms with Crippen molar-refractivity contribution in [2.24, 2.45) is 0 Å². The first-order valence-corrected chi connectivity index (χ1v) is 12.7. The summed E-state index contributed by atoms with van der Waals surface area (Å²) in [6.07, 6.45) is -0.102. The van der Waals surface area contributed by atoms with E-state index in [1.165, 1.54) is 0 Å². The summed E-state index contributed by atoms with van der Waals surface area (Å²) >= 11 is 11.4. The Morgan fingerprint density at radius 3 is 2.00 bits per heavy atom. The maximum Gasteiger partial charge on any atom is 0.207 e. The van der Waals surface area contributed by atoms with Gasteiger partial charge in [0.25, 0.3) is 0 Å². The first-order valence-electron chi connectivity index (χ1n) is 9.96. The summed E-state index contributed by atoms with van der Waals surface area (Å²) in [4.78, 5) is 20.1. The number of aliphatic hydroxyl groups is 1. The Hall–Kier alpha value is -1.98. The fourth-order valence-electron chi connectivity index (χ4n) is 2.85. The zero-order chi connectivity index (χ0) is 23.4. The van der Waals surface area contributed by atoms with Crippen LogP contribution in [0.25, 0.3) is 0 Å². The average Bonchev–Trinajstić information content (AvgIpc) is 2.76. The van der Waals surface area contributed by atoms with Gasteiger partial charge in [-0.2, -0.15) is 0 Å². The molecule has 0 saturated carbocycles. The Morgan fingerprint density at radius 1 is 0.875 bits per heavy atom. The molecule has 32 heavy (non-hydrogen) atoms. The molecule has 0 aliphatic carbocycles. The maximum absolute atomic E-state index is 12.2. The highest BCUT2D eigenvalue weighted by molar-refractivity contribution is 7.57. The molecule has 170 valence electrons. The molecule has 1 unspecified atom stereocenters. The van der Waals surface area contributed by atoms with Gasteiger partial charge in [-0.25, -0.2) is 0 Å². The van der Waals surface area contributed by atoms with Gasteiger partial charge in [-0.3, -0.25) is 9.36 Å². The normalized spacial score (nSPS) is 13.4. The topological polar surface area (TPSA) is 86.6 Å². The van der Waals surface area contributed by atoms with Gasteiger partial charge in [-0.05, 0) is 35.4 Å². The van der Waals surface area contributed by atoms with Gasteiger partial charge in [0.15, 0.2) is 0 Å². The van der Waals surface area contributed by atoms with Crippen LogP contribution in [0.2, 0.25) is 10.0 Å². The van der Waals surface area contributed by atoms with Crippen molar-refractivity contribution in [2.75, 3.05) is 12.7 Å². The van der Waals surface area contributed by atoms with Crippen LogP contribution >= 0.6 is 30.6 Å². The van der Waals surface area contributed by atoms with Crippen molar-refractivity contribution in [2.45, 2.75) is 18.8 Å². The van der Waals surface area contributed by atoms with Crippen molar-refractivity contribution in [1.29, 1.82) is 0 Å². The summed E-state index contributed by atoms with van der Waals surface area (Å²) in [5.41, 5.74) is 2.50. The third-order valence-electron chi connectivity index (χ3n) is 4.40. The number of benzene rings is 3. The van der Waals surface area contributed by atoms with E-state index in [0.29, 0.717) is 22.2 Å². The van der Waals surface area contributed by atoms with Crippen LogP contribution in [0.15, 0.2) is 78.9 Å². The van der Waals surface area contributed by atoms with Crippen molar-refractivity contribution in [1.82, 2.24) is 5.32 Å². The molecule has 0 amide bonds. The fraction of sp³-hybridized carbons (Fsp3) is 0.208. The van der Waals surface area contributed by atoms with Crippen molar-refractivity contribution in [3.05, 3.63) is 106 Å². The van der Waals surface area contributed by atoms with Crippen molar-refractivity contribution in [3.8, 4) is 0 Å². The minimum absolute atomic E-state index is 0.0854. The quantitative estimate of drug-likeness (QED) is 0.274. The van der Waals surface area contributed by atoms with E-state index in [1.54, 1.807) is 36.4 Å². The number of aldehydes is 1. The zero-order valence-electron chi connectivity index (χ0n) is 17.4. The zero-order valence-corrected chi connectivity index (χ0v) is 19.8. The number of carbonyl (C=O) groups excluding carboxylic acids is 1. The molecule has 5 nitrogen and oxygen atoms in total. The minimum Gasteiger partial charge on any atom is -0.391 e. The van der Waals surface area contributed by atoms with Gasteiger partial charge >= 0.3 is 0 Å². The first kappa shape index (κ1) is 26.3. The van der Waals surface area contributed by atoms with E-state index >= 15 is 0 Å². The number of nitrogens with one attached hydrogen (secondary N) is 1. The molecule has 0 aliphatic rings. The average molecular weight is 494 g/mol. The largest absolute Gasteiger partial charge is 0.391 e. The SMILES string of the molecule is O=Cc1ccc(Cl)cc1.O=P(O)(Cc1ccccc1)C[C@H](O)CNCc1ccc(Cl)cc1. The molecule has 0 bridgehead atoms. The Kier molecular flexibility index (Phi) is 11.1. The van der Waals surface area contributed by atoms with Crippen LogP contribution in [0.5, 0.6) is 0 Å². The van der Waals surface area contributed by atoms with E-state index in [9.17, 15) is 19.4 Å². The van der Waals surface area contributed by atoms with E-state index in [2.05, 4.69) is 5.32 Å². The van der Waals surface area contributed by atoms with Crippen LogP contribution in [0, 0.1) is 0 Å². The molecular weight excluding hydrogens is 468 g/mol. The molecule has 0 fully saturated rings. The number of rotatable bonds is 9. The lowest BCUT2D eigenvalue weighted by Crippen LogP contribution is -2.29. The van der Waals surface area contributed by atoms with Crippen LogP contribution in [0.1, 0.15) is 21.5 Å². The van der Waals surface area contributed by atoms with Gasteiger partial charge < -0.3 is 15.3 Å². The molecule has 3 rings (SSSR count). The number of aliphatic hydroxyl groups excluding tert-OH is 1. The molecule has 0 aliphatic heterocycles. The Labute approximate surface area is 198 Å². The van der Waals surface area contributed by atoms with E-state index in [0.717, 1.165) is 17.4 Å². The standard InChI is InChI=1S/C17H21ClNO3P.C7H5ClO/c18-16-8-6-14(7-9-16)10-19-11-17(20)13-23(21,22)12-15-4-2-1-3-5-15;8-7-3-1-6(5-9)2-4-7/h1-9,17,19-20H,10-13H2,(H,21,22);1-5H/t17-;/m1./s1. The monoisotopic (exact) mass is 493 g/mol. The molecule has 2 atom stereocenters. The van der Waals surface area contributed by atoms with Gasteiger partial charge in [0, 0.05) is 34.9 Å². The van der Waals surface area contributed by atoms with Gasteiger partial charge in [0.2, 0.25) is 7.37 Å². The molecule has 3 N–H and O–H groups in total. The van der Waals surface area contributed by atoms with E-state index in [1.807, 2.05) is 42.5 Å². The number of halogens is 2. The summed E-state index contributed by atoms with van der Waals surface area (Å²) in [6.45, 7) is 0.838. The van der Waals surface area contributed by atoms with Crippen molar-refractivity contribution in [3.63, 3.8) is 0 Å². The second-order valence-corrected chi connectivity index (χ2v) is 10.5. The predicted molar refractivity (Wildman–Crippen MR) is 131 cm³/mol. The van der Waals surface area contributed by atoms with Gasteiger partial charge in [-0.15, -0.1) is 0 Å². The van der Waals surface area contributed by atoms with Crippen LogP contribution in [0.3, 0.4) is 0 Å². The summed E-state index contributed by atoms with van der Waals surface area (Å²) in [5.74, 6) is 0. The third-order valence-corrected chi connectivity index (χ3v) is 6.75. The molecule has 3 aromatic rings. The Balaban J connectivity index is 0.000000336. The molecule has 0 heterocycles. The summed E-state index contributed by atoms with van der Waals surface area (Å²) in [5, 5.41) is 14.4. The molecule has 0 radical (unpaired) electrons. The van der Waals surface area contributed by atoms with Gasteiger partial charge in [-0.1, -0.05) is 77.8 Å². The summed E-state index contributed by atoms with van der Waals surface area (Å²) in [7, 11) is -3.40. The van der Waals surface area contributed by atoms with E-state index in [-0.39, 0.29) is 18.9 Å². The third kappa shape index (κ3) is 10.6. The van der Waals surface area contributed by atoms with Crippen LogP contribution in [-0.4, -0.2) is 35.1 Å². The number of hydrogen-bond acceptors (Lipinski definition) is 4. The molecule has 3 aromatic carbocycles. The lowest BCUT2D eigenvalue weighted by molar-refractivity contribution is 0.112. The number of hydrogen-bond donors (Lipinski definition) is 3. The Morgan fingerprint density at radius 2 is 1.44 bits per heavy atom. The van der Waals surface area contributed by atoms with Gasteiger partial charge in [0.05, 0.1) is 12.3 Å². The Bertz CT molecular complexity index is 999. The van der Waals surface area contributed by atoms with Crippen molar-refractivity contribution < 1.29 is 19.4 Å². The molecule has 0 saturated heterocycles. The minimum atomic E-state index is -3.40. The fourth-order valence-corrected chi connectivity index (χ4v) is 4.80. The van der Waals surface area contributed by atoms with E-state index in [4.69, 9.17) is 23.2 Å². The highest BCUT2D eigenvalue weighted by Gasteiger charge is 2.23. The van der Waals surface area contributed by atoms with E-state index < -0.39 is 13.5 Å². The van der Waals surface area contributed by atoms with Crippen LogP contribution in [0.4, 0.5) is 0 Å². The lowest BCUT2D eigenvalue weighted by atomic mass is 10.2. The van der Waals surface area contributed by atoms with Crippen LogP contribution < -0.4 is 5.32 Å². The highest BCUT2D eigenvalue weighted by Crippen LogP contribution is 2.44. The number of carbonyl (C=O) groups is 1. The van der Waals surface area contributed by atoms with Gasteiger partial charge in [0.1, 0.15) is 6.29 Å². The predicted octanol–water partition coefficient (Wildman–Crippen LogP) is 5.41. The maximum atomic E-state index is 12.2. The summed E-state index contributed by atoms with van der Waals surface area (Å²) in [6, 6.07) is 23.3. The molecule has 0 spiro atoms. The summed E-state index contributed by atoms with van der Waals surface area (Å²) < 4.78 is 12.2. The van der Waals surface area contributed by atoms with Crippen LogP contribution in [-0.2, 0) is 17.3 Å². The molecule has 8 heteroatoms. The lowest BCUT2D eigenvalue weighted by Gasteiger charge is -2.17. The van der Waals surface area contributed by atoms with Crippen molar-refractivity contribution >= 4 is 36.9 Å². The smallest absolute Gasteiger partial charge is 0.207 e. The molecule has 0 aromatic heterocycles. The first-order chi connectivity index (χ1) is 15.3. The highest BCUT2D eigenvalue weighted by atomic mass is 35.5.